The minimum absolute atomic E-state index is 0.149. The second-order valence-corrected chi connectivity index (χ2v) is 7.28. The molecule has 1 aliphatic rings. The summed E-state index contributed by atoms with van der Waals surface area (Å²) in [4.78, 5) is 26.8. The van der Waals surface area contributed by atoms with Gasteiger partial charge in [0.25, 0.3) is 0 Å². The summed E-state index contributed by atoms with van der Waals surface area (Å²) in [6, 6.07) is 17.0. The molecule has 2 heterocycles. The van der Waals surface area contributed by atoms with Crippen LogP contribution in [0, 0.1) is 5.82 Å². The summed E-state index contributed by atoms with van der Waals surface area (Å²) in [5.74, 6) is 0.0901. The van der Waals surface area contributed by atoms with Gasteiger partial charge in [-0.3, -0.25) is 4.79 Å². The molecular formula is C24H22FNO4. The third-order valence-electron chi connectivity index (χ3n) is 5.43. The van der Waals surface area contributed by atoms with E-state index < -0.39 is 12.0 Å². The standard InChI is InChI=1S/C24H22FNO4/c1-29-24(28)21-14-16-6-2-3-7-17(16)15-26(21)23(27)13-11-18-10-12-22(30-18)19-8-4-5-9-20(19)25/h2-10,12,21H,11,13-15H2,1H3/t21-/m0/s1. The number of esters is 1. The number of ether oxygens (including phenoxy) is 1. The third kappa shape index (κ3) is 3.99. The SMILES string of the molecule is COC(=O)[C@@H]1Cc2ccccc2CN1C(=O)CCc1ccc(-c2ccccc2F)o1. The topological polar surface area (TPSA) is 59.8 Å². The predicted octanol–water partition coefficient (Wildman–Crippen LogP) is 4.14. The number of amides is 1. The van der Waals surface area contributed by atoms with Crippen molar-refractivity contribution in [3.05, 3.63) is 83.4 Å². The molecule has 0 spiro atoms. The van der Waals surface area contributed by atoms with Crippen LogP contribution in [0.5, 0.6) is 0 Å². The first-order valence-electron chi connectivity index (χ1n) is 9.84. The van der Waals surface area contributed by atoms with Gasteiger partial charge in [0.1, 0.15) is 23.4 Å². The molecule has 1 aromatic heterocycles. The Morgan fingerprint density at radius 3 is 2.57 bits per heavy atom. The zero-order chi connectivity index (χ0) is 21.1. The summed E-state index contributed by atoms with van der Waals surface area (Å²) >= 11 is 0. The van der Waals surface area contributed by atoms with Crippen LogP contribution in [0.1, 0.15) is 23.3 Å². The molecule has 4 rings (SSSR count). The number of furan rings is 1. The van der Waals surface area contributed by atoms with Crippen molar-refractivity contribution < 1.29 is 23.1 Å². The van der Waals surface area contributed by atoms with Crippen molar-refractivity contribution in [2.45, 2.75) is 31.8 Å². The molecule has 3 aromatic rings. The highest BCUT2D eigenvalue weighted by molar-refractivity contribution is 5.85. The number of benzene rings is 2. The molecule has 1 amide bonds. The van der Waals surface area contributed by atoms with E-state index >= 15 is 0 Å². The highest BCUT2D eigenvalue weighted by Crippen LogP contribution is 2.27. The largest absolute Gasteiger partial charge is 0.467 e. The Labute approximate surface area is 174 Å². The number of nitrogens with zero attached hydrogens (tertiary/aromatic N) is 1. The van der Waals surface area contributed by atoms with Crippen LogP contribution in [0.3, 0.4) is 0 Å². The molecule has 2 aromatic carbocycles. The lowest BCUT2D eigenvalue weighted by molar-refractivity contribution is -0.154. The van der Waals surface area contributed by atoms with Crippen LogP contribution in [0.15, 0.2) is 65.1 Å². The van der Waals surface area contributed by atoms with Gasteiger partial charge in [0.15, 0.2) is 0 Å². The Balaban J connectivity index is 1.47. The lowest BCUT2D eigenvalue weighted by atomic mass is 9.93. The lowest BCUT2D eigenvalue weighted by Crippen LogP contribution is -2.49. The molecule has 0 fully saturated rings. The van der Waals surface area contributed by atoms with Gasteiger partial charge in [0.2, 0.25) is 5.91 Å². The summed E-state index contributed by atoms with van der Waals surface area (Å²) in [6.45, 7) is 0.368. The molecule has 154 valence electrons. The smallest absolute Gasteiger partial charge is 0.328 e. The van der Waals surface area contributed by atoms with Crippen LogP contribution in [0.25, 0.3) is 11.3 Å². The molecular weight excluding hydrogens is 385 g/mol. The monoisotopic (exact) mass is 407 g/mol. The Morgan fingerprint density at radius 1 is 1.07 bits per heavy atom. The molecule has 1 atom stereocenters. The average molecular weight is 407 g/mol. The highest BCUT2D eigenvalue weighted by atomic mass is 19.1. The summed E-state index contributed by atoms with van der Waals surface area (Å²) in [7, 11) is 1.33. The Kier molecular flexibility index (Phi) is 5.65. The molecule has 1 aliphatic heterocycles. The van der Waals surface area contributed by atoms with Crippen molar-refractivity contribution in [3.63, 3.8) is 0 Å². The average Bonchev–Trinajstić information content (AvgIpc) is 3.25. The van der Waals surface area contributed by atoms with Gasteiger partial charge in [-0.15, -0.1) is 0 Å². The van der Waals surface area contributed by atoms with E-state index in [4.69, 9.17) is 9.15 Å². The number of aryl methyl sites for hydroxylation is 1. The number of fused-ring (bicyclic) bond motifs is 1. The number of carbonyl (C=O) groups excluding carboxylic acids is 2. The third-order valence-corrected chi connectivity index (χ3v) is 5.43. The van der Waals surface area contributed by atoms with Crippen LogP contribution in [-0.4, -0.2) is 29.9 Å². The van der Waals surface area contributed by atoms with Crippen molar-refractivity contribution in [1.82, 2.24) is 4.90 Å². The van der Waals surface area contributed by atoms with Crippen LogP contribution in [0.4, 0.5) is 4.39 Å². The first-order valence-corrected chi connectivity index (χ1v) is 9.84. The van der Waals surface area contributed by atoms with Crippen molar-refractivity contribution >= 4 is 11.9 Å². The fourth-order valence-electron chi connectivity index (χ4n) is 3.82. The summed E-state index contributed by atoms with van der Waals surface area (Å²) in [5, 5.41) is 0. The quantitative estimate of drug-likeness (QED) is 0.597. The Morgan fingerprint density at radius 2 is 1.80 bits per heavy atom. The van der Waals surface area contributed by atoms with Gasteiger partial charge >= 0.3 is 5.97 Å². The van der Waals surface area contributed by atoms with Gasteiger partial charge in [-0.1, -0.05) is 36.4 Å². The predicted molar refractivity (Wildman–Crippen MR) is 109 cm³/mol. The molecule has 0 bridgehead atoms. The van der Waals surface area contributed by atoms with Gasteiger partial charge in [0, 0.05) is 25.8 Å². The van der Waals surface area contributed by atoms with Crippen LogP contribution in [-0.2, 0) is 33.7 Å². The molecule has 0 saturated heterocycles. The van der Waals surface area contributed by atoms with Crippen LogP contribution < -0.4 is 0 Å². The minimum atomic E-state index is -0.636. The van der Waals surface area contributed by atoms with E-state index in [1.807, 2.05) is 24.3 Å². The van der Waals surface area contributed by atoms with E-state index in [1.54, 1.807) is 35.2 Å². The van der Waals surface area contributed by atoms with Crippen molar-refractivity contribution in [2.24, 2.45) is 0 Å². The van der Waals surface area contributed by atoms with Crippen LogP contribution in [0.2, 0.25) is 0 Å². The van der Waals surface area contributed by atoms with E-state index in [9.17, 15) is 14.0 Å². The zero-order valence-corrected chi connectivity index (χ0v) is 16.6. The molecule has 30 heavy (non-hydrogen) atoms. The van der Waals surface area contributed by atoms with E-state index in [1.165, 1.54) is 13.2 Å². The number of methoxy groups -OCH3 is 1. The van der Waals surface area contributed by atoms with E-state index in [-0.39, 0.29) is 18.1 Å². The fourth-order valence-corrected chi connectivity index (χ4v) is 3.82. The second-order valence-electron chi connectivity index (χ2n) is 7.28. The molecule has 0 unspecified atom stereocenters. The fraction of sp³-hybridized carbons (Fsp3) is 0.250. The summed E-state index contributed by atoms with van der Waals surface area (Å²) in [5.41, 5.74) is 2.47. The van der Waals surface area contributed by atoms with Crippen molar-refractivity contribution in [1.29, 1.82) is 0 Å². The minimum Gasteiger partial charge on any atom is -0.467 e. The highest BCUT2D eigenvalue weighted by Gasteiger charge is 2.35. The molecule has 5 nitrogen and oxygen atoms in total. The number of hydrogen-bond acceptors (Lipinski definition) is 4. The maximum Gasteiger partial charge on any atom is 0.328 e. The first kappa shape index (κ1) is 19.9. The summed E-state index contributed by atoms with van der Waals surface area (Å²) < 4.78 is 24.6. The number of rotatable bonds is 5. The maximum absolute atomic E-state index is 14.0. The lowest BCUT2D eigenvalue weighted by Gasteiger charge is -2.35. The Hall–Kier alpha value is -3.41. The van der Waals surface area contributed by atoms with E-state index in [0.29, 0.717) is 36.5 Å². The second kappa shape index (κ2) is 8.53. The van der Waals surface area contributed by atoms with E-state index in [0.717, 1.165) is 11.1 Å². The molecule has 0 radical (unpaired) electrons. The van der Waals surface area contributed by atoms with E-state index in [2.05, 4.69) is 0 Å². The van der Waals surface area contributed by atoms with Gasteiger partial charge in [-0.2, -0.15) is 0 Å². The van der Waals surface area contributed by atoms with Gasteiger partial charge in [-0.05, 0) is 35.4 Å². The number of carbonyl (C=O) groups is 2. The van der Waals surface area contributed by atoms with Crippen molar-refractivity contribution in [3.8, 4) is 11.3 Å². The zero-order valence-electron chi connectivity index (χ0n) is 16.6. The molecule has 0 saturated carbocycles. The summed E-state index contributed by atoms with van der Waals surface area (Å²) in [6.07, 6.45) is 0.978. The molecule has 0 aliphatic carbocycles. The molecule has 6 heteroatoms. The number of halogens is 1. The normalized spacial score (nSPS) is 15.5. The Bertz CT molecular complexity index is 1070. The number of hydrogen-bond donors (Lipinski definition) is 0. The maximum atomic E-state index is 14.0. The van der Waals surface area contributed by atoms with Crippen LogP contribution >= 0.6 is 0 Å². The van der Waals surface area contributed by atoms with Gasteiger partial charge in [-0.25, -0.2) is 9.18 Å². The van der Waals surface area contributed by atoms with Gasteiger partial charge < -0.3 is 14.1 Å². The molecule has 0 N–H and O–H groups in total. The first-order chi connectivity index (χ1) is 14.6. The van der Waals surface area contributed by atoms with Gasteiger partial charge in [0.05, 0.1) is 12.7 Å². The van der Waals surface area contributed by atoms with Crippen molar-refractivity contribution in [2.75, 3.05) is 7.11 Å².